The number of hydrogen-bond donors (Lipinski definition) is 0. The third-order valence-corrected chi connectivity index (χ3v) is 11.7. The minimum Gasteiger partial charge on any atom is -0.397 e. The molecule has 1 aliphatic rings. The largest absolute Gasteiger partial charge is 0.397 e. The van der Waals surface area contributed by atoms with Crippen molar-refractivity contribution in [3.63, 3.8) is 0 Å². The minimum atomic E-state index is -1.96. The van der Waals surface area contributed by atoms with E-state index in [9.17, 15) is 9.59 Å². The molecule has 1 aromatic heterocycles. The van der Waals surface area contributed by atoms with Gasteiger partial charge in [0.15, 0.2) is 18.6 Å². The van der Waals surface area contributed by atoms with Gasteiger partial charge in [0.05, 0.1) is 0 Å². The summed E-state index contributed by atoms with van der Waals surface area (Å²) in [4.78, 5) is 32.2. The minimum absolute atomic E-state index is 0.0882. The van der Waals surface area contributed by atoms with Gasteiger partial charge in [-0.3, -0.25) is 9.59 Å². The van der Waals surface area contributed by atoms with Crippen LogP contribution in [0.4, 0.5) is 5.13 Å². The molecule has 1 unspecified atom stereocenters. The Kier molecular flexibility index (Phi) is 6.82. The van der Waals surface area contributed by atoms with Gasteiger partial charge in [0.1, 0.15) is 11.9 Å². The molecule has 2 heterocycles. The van der Waals surface area contributed by atoms with Crippen LogP contribution in [-0.4, -0.2) is 60.8 Å². The van der Waals surface area contributed by atoms with E-state index in [4.69, 9.17) is 4.43 Å². The topological polar surface area (TPSA) is 62.7 Å². The fourth-order valence-electron chi connectivity index (χ4n) is 2.44. The molecule has 6 nitrogen and oxygen atoms in total. The first-order valence-corrected chi connectivity index (χ1v) is 13.8. The highest BCUT2D eigenvalue weighted by molar-refractivity contribution is 8.14. The van der Waals surface area contributed by atoms with Crippen LogP contribution < -0.4 is 4.90 Å². The molecule has 0 aromatic carbocycles. The van der Waals surface area contributed by atoms with Gasteiger partial charge < -0.3 is 14.2 Å². The molecule has 0 radical (unpaired) electrons. The van der Waals surface area contributed by atoms with Crippen molar-refractivity contribution in [1.82, 2.24) is 9.88 Å². The zero-order valence-electron chi connectivity index (χ0n) is 17.5. The summed E-state index contributed by atoms with van der Waals surface area (Å²) in [6, 6.07) is 0. The van der Waals surface area contributed by atoms with E-state index in [0.717, 1.165) is 18.2 Å². The number of hydrogen-bond acceptors (Lipinski definition) is 7. The van der Waals surface area contributed by atoms with Crippen molar-refractivity contribution < 1.29 is 14.0 Å². The number of carbonyl (C=O) groups is 2. The Hall–Kier alpha value is -0.903. The third-order valence-electron chi connectivity index (χ3n) is 5.30. The van der Waals surface area contributed by atoms with E-state index in [1.807, 2.05) is 6.92 Å². The maximum atomic E-state index is 12.8. The van der Waals surface area contributed by atoms with Gasteiger partial charge in [-0.15, -0.1) is 11.3 Å². The predicted molar refractivity (Wildman–Crippen MR) is 116 cm³/mol. The number of thioether (sulfide) groups is 1. The van der Waals surface area contributed by atoms with Crippen LogP contribution in [0.3, 0.4) is 0 Å². The zero-order valence-corrected chi connectivity index (χ0v) is 20.2. The highest BCUT2D eigenvalue weighted by Gasteiger charge is 2.40. The molecule has 1 saturated heterocycles. The summed E-state index contributed by atoms with van der Waals surface area (Å²) < 4.78 is 6.32. The van der Waals surface area contributed by atoms with Crippen molar-refractivity contribution >= 4 is 47.6 Å². The molecule has 1 atom stereocenters. The smallest absolute Gasteiger partial charge is 0.275 e. The molecule has 1 amide bonds. The molecule has 152 valence electrons. The lowest BCUT2D eigenvalue weighted by atomic mass is 10.2. The summed E-state index contributed by atoms with van der Waals surface area (Å²) >= 11 is 2.85. The third kappa shape index (κ3) is 5.33. The summed E-state index contributed by atoms with van der Waals surface area (Å²) in [5, 5.41) is 3.20. The highest BCUT2D eigenvalue weighted by Crippen LogP contribution is 2.37. The highest BCUT2D eigenvalue weighted by atomic mass is 32.2. The number of rotatable bonds is 6. The Balaban J connectivity index is 1.96. The van der Waals surface area contributed by atoms with Crippen LogP contribution in [0.5, 0.6) is 0 Å². The lowest BCUT2D eigenvalue weighted by molar-refractivity contribution is -0.109. The monoisotopic (exact) mass is 429 g/mol. The lowest BCUT2D eigenvalue weighted by Crippen LogP contribution is -2.49. The van der Waals surface area contributed by atoms with Crippen molar-refractivity contribution in [2.24, 2.45) is 0 Å². The van der Waals surface area contributed by atoms with E-state index < -0.39 is 8.32 Å². The van der Waals surface area contributed by atoms with Crippen molar-refractivity contribution in [2.45, 2.75) is 64.2 Å². The summed E-state index contributed by atoms with van der Waals surface area (Å²) in [6.07, 6.45) is -0.302. The van der Waals surface area contributed by atoms with Gasteiger partial charge in [0.25, 0.3) is 5.91 Å². The fraction of sp³-hybridized carbons (Fsp3) is 0.722. The van der Waals surface area contributed by atoms with Gasteiger partial charge in [-0.2, -0.15) is 0 Å². The molecule has 0 aliphatic carbocycles. The molecule has 27 heavy (non-hydrogen) atoms. The van der Waals surface area contributed by atoms with Crippen LogP contribution in [0.15, 0.2) is 5.38 Å². The Morgan fingerprint density at radius 1 is 1.41 bits per heavy atom. The van der Waals surface area contributed by atoms with Gasteiger partial charge >= 0.3 is 0 Å². The lowest BCUT2D eigenvalue weighted by Gasteiger charge is -2.40. The number of amides is 1. The Morgan fingerprint density at radius 2 is 2.00 bits per heavy atom. The first-order chi connectivity index (χ1) is 12.3. The van der Waals surface area contributed by atoms with E-state index >= 15 is 0 Å². The second kappa shape index (κ2) is 8.22. The number of aromatic nitrogens is 1. The van der Waals surface area contributed by atoms with Gasteiger partial charge in [-0.05, 0) is 25.1 Å². The molecule has 1 aromatic rings. The second-order valence-electron chi connectivity index (χ2n) is 8.55. The van der Waals surface area contributed by atoms with Crippen molar-refractivity contribution in [1.29, 1.82) is 0 Å². The molecule has 0 saturated carbocycles. The van der Waals surface area contributed by atoms with Gasteiger partial charge in [-0.25, -0.2) is 4.98 Å². The molecule has 0 spiro atoms. The standard InChI is InChI=1S/C18H31N3O3S2Si/c1-12(24-27(7,8)18(3,4)5)20(6)16(23)15-11-25-17(19-15)21-9-14(10-21)26-13(2)22/h11-12,14H,9-10H2,1-8H3. The second-order valence-corrected chi connectivity index (χ2v) is 15.6. The van der Waals surface area contributed by atoms with E-state index in [1.165, 1.54) is 23.1 Å². The summed E-state index contributed by atoms with van der Waals surface area (Å²) in [5.41, 5.74) is 0.450. The maximum Gasteiger partial charge on any atom is 0.275 e. The van der Waals surface area contributed by atoms with E-state index in [-0.39, 0.29) is 22.3 Å². The van der Waals surface area contributed by atoms with Crippen LogP contribution >= 0.6 is 23.1 Å². The Labute approximate surface area is 171 Å². The number of anilines is 1. The zero-order chi connectivity index (χ0) is 20.6. The normalized spacial score (nSPS) is 16.8. The van der Waals surface area contributed by atoms with Crippen molar-refractivity contribution in [2.75, 3.05) is 25.0 Å². The molecular formula is C18H31N3O3S2Si. The molecular weight excluding hydrogens is 398 g/mol. The van der Waals surface area contributed by atoms with Crippen molar-refractivity contribution in [3.05, 3.63) is 11.1 Å². The summed E-state index contributed by atoms with van der Waals surface area (Å²) in [5.74, 6) is -0.126. The predicted octanol–water partition coefficient (Wildman–Crippen LogP) is 4.05. The van der Waals surface area contributed by atoms with Gasteiger partial charge in [0, 0.05) is 37.7 Å². The average molecular weight is 430 g/mol. The Morgan fingerprint density at radius 3 is 2.52 bits per heavy atom. The number of thiazole rings is 1. The number of nitrogens with zero attached hydrogens (tertiary/aromatic N) is 3. The van der Waals surface area contributed by atoms with Crippen LogP contribution in [0, 0.1) is 0 Å². The van der Waals surface area contributed by atoms with E-state index in [2.05, 4.69) is 43.7 Å². The maximum absolute atomic E-state index is 12.8. The molecule has 9 heteroatoms. The van der Waals surface area contributed by atoms with Crippen LogP contribution in [-0.2, 0) is 9.22 Å². The molecule has 1 aliphatic heterocycles. The van der Waals surface area contributed by atoms with Crippen LogP contribution in [0.2, 0.25) is 18.1 Å². The molecule has 0 bridgehead atoms. The summed E-state index contributed by atoms with van der Waals surface area (Å²) in [6.45, 7) is 16.0. The quantitative estimate of drug-likeness (QED) is 0.502. The fourth-order valence-corrected chi connectivity index (χ4v) is 5.60. The van der Waals surface area contributed by atoms with Crippen LogP contribution in [0.1, 0.15) is 45.1 Å². The average Bonchev–Trinajstić information content (AvgIpc) is 2.96. The first kappa shape index (κ1) is 22.4. The molecule has 1 fully saturated rings. The Bertz CT molecular complexity index is 696. The first-order valence-electron chi connectivity index (χ1n) is 9.14. The SMILES string of the molecule is CC(=O)SC1CN(c2nc(C(=O)N(C)C(C)O[Si](C)(C)C(C)(C)C)cs2)C1. The van der Waals surface area contributed by atoms with Gasteiger partial charge in [0.2, 0.25) is 0 Å². The number of carbonyl (C=O) groups excluding carboxylic acids is 2. The van der Waals surface area contributed by atoms with Gasteiger partial charge in [-0.1, -0.05) is 32.5 Å². The van der Waals surface area contributed by atoms with Crippen LogP contribution in [0.25, 0.3) is 0 Å². The summed E-state index contributed by atoms with van der Waals surface area (Å²) in [7, 11) is -0.192. The van der Waals surface area contributed by atoms with Crippen molar-refractivity contribution in [3.8, 4) is 0 Å². The molecule has 0 N–H and O–H groups in total. The van der Waals surface area contributed by atoms with E-state index in [1.54, 1.807) is 24.3 Å². The molecule has 2 rings (SSSR count). The van der Waals surface area contributed by atoms with E-state index in [0.29, 0.717) is 10.9 Å².